The molecular weight excluding hydrogens is 407 g/mol. The largest absolute Gasteiger partial charge is 0.573 e. The number of carbonyl (C=O) groups is 1. The number of aliphatic hydroxyl groups is 1. The van der Waals surface area contributed by atoms with Gasteiger partial charge >= 0.3 is 6.36 Å². The van der Waals surface area contributed by atoms with Crippen LogP contribution in [0.2, 0.25) is 0 Å². The van der Waals surface area contributed by atoms with Crippen molar-refractivity contribution in [3.63, 3.8) is 0 Å². The predicted octanol–water partition coefficient (Wildman–Crippen LogP) is 2.66. The van der Waals surface area contributed by atoms with E-state index in [-0.39, 0.29) is 18.2 Å². The Bertz CT molecular complexity index is 677. The second kappa shape index (κ2) is 7.87. The second-order valence-corrected chi connectivity index (χ2v) is 6.15. The van der Waals surface area contributed by atoms with Crippen LogP contribution in [0.25, 0.3) is 0 Å². The minimum atomic E-state index is -4.75. The van der Waals surface area contributed by atoms with Crippen molar-refractivity contribution in [2.45, 2.75) is 25.6 Å². The van der Waals surface area contributed by atoms with Gasteiger partial charge in [0.25, 0.3) is 0 Å². The molecule has 1 heterocycles. The molecule has 0 bridgehead atoms. The molecule has 2 atom stereocenters. The fourth-order valence-electron chi connectivity index (χ4n) is 2.10. The minimum absolute atomic E-state index is 0.132. The lowest BCUT2D eigenvalue weighted by atomic mass is 10.1. The Labute approximate surface area is 150 Å². The number of nitrogens with zero attached hydrogens (tertiary/aromatic N) is 2. The highest BCUT2D eigenvalue weighted by Gasteiger charge is 2.31. The second-order valence-electron chi connectivity index (χ2n) is 5.23. The van der Waals surface area contributed by atoms with E-state index in [1.165, 1.54) is 41.7 Å². The first-order valence-corrected chi connectivity index (χ1v) is 7.93. The van der Waals surface area contributed by atoms with E-state index in [4.69, 9.17) is 0 Å². The zero-order valence-corrected chi connectivity index (χ0v) is 14.6. The minimum Gasteiger partial charge on any atom is -0.406 e. The van der Waals surface area contributed by atoms with Crippen LogP contribution in [-0.4, -0.2) is 41.4 Å². The first-order chi connectivity index (χ1) is 11.7. The number of benzene rings is 1. The maximum Gasteiger partial charge on any atom is 0.573 e. The number of aliphatic hydroxyl groups excluding tert-OH is 1. The molecule has 0 spiro atoms. The van der Waals surface area contributed by atoms with Gasteiger partial charge in [-0.2, -0.15) is 0 Å². The quantitative estimate of drug-likeness (QED) is 0.766. The van der Waals surface area contributed by atoms with Crippen molar-refractivity contribution in [3.05, 3.63) is 40.5 Å². The molecule has 136 valence electrons. The van der Waals surface area contributed by atoms with Crippen molar-refractivity contribution in [1.29, 1.82) is 0 Å². The van der Waals surface area contributed by atoms with Crippen LogP contribution >= 0.6 is 15.9 Å². The smallest absolute Gasteiger partial charge is 0.406 e. The Morgan fingerprint density at radius 2 is 2.08 bits per heavy atom. The summed E-state index contributed by atoms with van der Waals surface area (Å²) >= 11 is 3.13. The van der Waals surface area contributed by atoms with Crippen LogP contribution in [-0.2, 0) is 4.79 Å². The monoisotopic (exact) mass is 421 g/mol. The Balaban J connectivity index is 1.91. The Hall–Kier alpha value is -2.07. The van der Waals surface area contributed by atoms with Gasteiger partial charge in [0.15, 0.2) is 6.23 Å². The molecule has 1 amide bonds. The molecule has 1 aliphatic rings. The van der Waals surface area contributed by atoms with Gasteiger partial charge in [-0.3, -0.25) is 4.79 Å². The summed E-state index contributed by atoms with van der Waals surface area (Å²) in [5.74, 6) is -0.713. The lowest BCUT2D eigenvalue weighted by Crippen LogP contribution is -2.43. The summed E-state index contributed by atoms with van der Waals surface area (Å²) in [4.78, 5) is 17.3. The highest BCUT2D eigenvalue weighted by molar-refractivity contribution is 9.11. The van der Waals surface area contributed by atoms with Crippen LogP contribution in [0.4, 0.5) is 13.2 Å². The molecule has 6 nitrogen and oxygen atoms in total. The van der Waals surface area contributed by atoms with E-state index in [9.17, 15) is 23.1 Å². The standard InChI is InChI=1S/C15H15BrF3N3O3/c1-9(10-2-4-11(5-3-10)25-15(17,18)19)21-13(23)7-22-8-20-6-12(16)14(22)24/h2-6,8-9,14,24H,7H2,1H3,(H,21,23)/t9-,14-/m0/s1. The molecule has 0 aromatic heterocycles. The number of rotatable bonds is 5. The van der Waals surface area contributed by atoms with Crippen molar-refractivity contribution in [2.24, 2.45) is 4.99 Å². The van der Waals surface area contributed by atoms with Crippen molar-refractivity contribution >= 4 is 28.2 Å². The molecule has 25 heavy (non-hydrogen) atoms. The molecule has 1 aromatic rings. The average molecular weight is 422 g/mol. The van der Waals surface area contributed by atoms with Crippen LogP contribution in [0.3, 0.4) is 0 Å². The molecule has 0 saturated heterocycles. The number of hydrogen-bond acceptors (Lipinski definition) is 5. The van der Waals surface area contributed by atoms with Crippen LogP contribution in [0.15, 0.2) is 39.9 Å². The first-order valence-electron chi connectivity index (χ1n) is 7.13. The third-order valence-electron chi connectivity index (χ3n) is 3.29. The molecule has 0 unspecified atom stereocenters. The van der Waals surface area contributed by atoms with Crippen molar-refractivity contribution in [3.8, 4) is 5.75 Å². The van der Waals surface area contributed by atoms with Gasteiger partial charge < -0.3 is 20.1 Å². The Morgan fingerprint density at radius 3 is 2.68 bits per heavy atom. The highest BCUT2D eigenvalue weighted by atomic mass is 79.9. The van der Waals surface area contributed by atoms with Gasteiger partial charge in [0, 0.05) is 6.20 Å². The number of carbonyl (C=O) groups excluding carboxylic acids is 1. The summed E-state index contributed by atoms with van der Waals surface area (Å²) in [6.07, 6.45) is -2.99. The van der Waals surface area contributed by atoms with Gasteiger partial charge in [-0.1, -0.05) is 12.1 Å². The zero-order chi connectivity index (χ0) is 18.6. The van der Waals surface area contributed by atoms with Gasteiger partial charge in [-0.05, 0) is 40.5 Å². The summed E-state index contributed by atoms with van der Waals surface area (Å²) in [6, 6.07) is 4.78. The van der Waals surface area contributed by atoms with E-state index < -0.39 is 18.6 Å². The Kier molecular flexibility index (Phi) is 6.07. The molecule has 1 aliphatic heterocycles. The third kappa shape index (κ3) is 5.75. The lowest BCUT2D eigenvalue weighted by Gasteiger charge is -2.27. The van der Waals surface area contributed by atoms with Crippen molar-refractivity contribution in [1.82, 2.24) is 10.2 Å². The van der Waals surface area contributed by atoms with E-state index in [1.807, 2.05) is 0 Å². The Morgan fingerprint density at radius 1 is 1.44 bits per heavy atom. The van der Waals surface area contributed by atoms with Crippen LogP contribution in [0, 0.1) is 0 Å². The van der Waals surface area contributed by atoms with Gasteiger partial charge in [0.1, 0.15) is 12.3 Å². The molecule has 2 N–H and O–H groups in total. The number of nitrogens with one attached hydrogen (secondary N) is 1. The average Bonchev–Trinajstić information content (AvgIpc) is 2.51. The number of alkyl halides is 3. The number of halogens is 4. The number of hydrogen-bond donors (Lipinski definition) is 2. The molecule has 2 rings (SSSR count). The topological polar surface area (TPSA) is 74.2 Å². The molecule has 1 aromatic carbocycles. The summed E-state index contributed by atoms with van der Waals surface area (Å²) < 4.78 is 40.6. The van der Waals surface area contributed by atoms with E-state index >= 15 is 0 Å². The number of aliphatic imine (C=N–C) groups is 1. The van der Waals surface area contributed by atoms with Gasteiger partial charge in [0.2, 0.25) is 5.91 Å². The molecule has 0 fully saturated rings. The van der Waals surface area contributed by atoms with Gasteiger partial charge in [0.05, 0.1) is 16.9 Å². The van der Waals surface area contributed by atoms with E-state index in [0.717, 1.165) is 0 Å². The fourth-order valence-corrected chi connectivity index (χ4v) is 2.48. The maximum atomic E-state index is 12.1. The zero-order valence-electron chi connectivity index (χ0n) is 13.0. The first kappa shape index (κ1) is 19.3. The summed E-state index contributed by atoms with van der Waals surface area (Å²) in [7, 11) is 0. The normalized spacial score (nSPS) is 18.6. The van der Waals surface area contributed by atoms with Crippen molar-refractivity contribution in [2.75, 3.05) is 6.54 Å². The molecule has 0 radical (unpaired) electrons. The molecule has 10 heteroatoms. The molecule has 0 aliphatic carbocycles. The number of amides is 1. The van der Waals surface area contributed by atoms with Crippen LogP contribution < -0.4 is 10.1 Å². The van der Waals surface area contributed by atoms with Crippen molar-refractivity contribution < 1.29 is 27.8 Å². The SMILES string of the molecule is C[C@H](NC(=O)CN1C=NC=C(Br)[C@@H]1O)c1ccc(OC(F)(F)F)cc1. The fraction of sp³-hybridized carbons (Fsp3) is 0.333. The molecule has 0 saturated carbocycles. The van der Waals surface area contributed by atoms with E-state index in [0.29, 0.717) is 10.0 Å². The maximum absolute atomic E-state index is 12.1. The van der Waals surface area contributed by atoms with Gasteiger partial charge in [-0.15, -0.1) is 13.2 Å². The predicted molar refractivity (Wildman–Crippen MR) is 87.9 cm³/mol. The summed E-state index contributed by atoms with van der Waals surface area (Å²) in [5.41, 5.74) is 0.608. The summed E-state index contributed by atoms with van der Waals surface area (Å²) in [5, 5.41) is 12.6. The third-order valence-corrected chi connectivity index (χ3v) is 3.91. The van der Waals surface area contributed by atoms with E-state index in [2.05, 4.69) is 31.0 Å². The lowest BCUT2D eigenvalue weighted by molar-refractivity contribution is -0.274. The van der Waals surface area contributed by atoms with Crippen LogP contribution in [0.1, 0.15) is 18.5 Å². The van der Waals surface area contributed by atoms with E-state index in [1.54, 1.807) is 6.92 Å². The van der Waals surface area contributed by atoms with Crippen LogP contribution in [0.5, 0.6) is 5.75 Å². The van der Waals surface area contributed by atoms with Gasteiger partial charge in [-0.25, -0.2) is 4.99 Å². The molecular formula is C15H15BrF3N3O3. The summed E-state index contributed by atoms with van der Waals surface area (Å²) in [6.45, 7) is 1.56. The number of ether oxygens (including phenoxy) is 1. The highest BCUT2D eigenvalue weighted by Crippen LogP contribution is 2.24.